The molecular formula is C58H115NO9. The van der Waals surface area contributed by atoms with E-state index >= 15 is 0 Å². The highest BCUT2D eigenvalue weighted by molar-refractivity contribution is 5.76. The normalized spacial score (nSPS) is 19.9. The zero-order valence-electron chi connectivity index (χ0n) is 44.8. The van der Waals surface area contributed by atoms with Crippen LogP contribution in [0.4, 0.5) is 0 Å². The number of carbonyl (C=O) groups is 1. The summed E-state index contributed by atoms with van der Waals surface area (Å²) in [6.07, 6.45) is 47.0. The van der Waals surface area contributed by atoms with E-state index in [9.17, 15) is 35.4 Å². The van der Waals surface area contributed by atoms with Crippen LogP contribution >= 0.6 is 0 Å². The summed E-state index contributed by atoms with van der Waals surface area (Å²) >= 11 is 0. The standard InChI is InChI=1S/C58H115NO9/c1-3-5-7-9-11-13-15-17-19-21-22-23-24-25-26-27-28-29-30-31-33-35-37-39-41-43-45-47-53(62)59-50(49-67-58-57(66)56(65)55(64)52(48-60)68-58)54(63)51(61)46-44-42-40-38-36-34-32-20-18-16-14-12-10-8-6-4-2/h50-52,54-58,60-61,63-66H,3-49H2,1-2H3,(H,59,62)/t50-,51+,52+,54-,55-,56?,57?,58+/m0/s1. The average Bonchev–Trinajstić information content (AvgIpc) is 3.34. The van der Waals surface area contributed by atoms with Crippen molar-refractivity contribution < 1.29 is 44.9 Å². The molecule has 406 valence electrons. The van der Waals surface area contributed by atoms with Crippen molar-refractivity contribution in [3.05, 3.63) is 0 Å². The fraction of sp³-hybridized carbons (Fsp3) is 0.983. The van der Waals surface area contributed by atoms with E-state index < -0.39 is 55.6 Å². The van der Waals surface area contributed by atoms with Crippen LogP contribution in [0.15, 0.2) is 0 Å². The summed E-state index contributed by atoms with van der Waals surface area (Å²) in [6.45, 7) is 3.66. The predicted octanol–water partition coefficient (Wildman–Crippen LogP) is 13.6. The Kier molecular flexibility index (Phi) is 46.4. The quantitative estimate of drug-likeness (QED) is 0.0293. The molecule has 0 radical (unpaired) electrons. The van der Waals surface area contributed by atoms with Gasteiger partial charge in [0.2, 0.25) is 5.91 Å². The molecule has 1 aliphatic rings. The summed E-state index contributed by atoms with van der Waals surface area (Å²) in [7, 11) is 0. The van der Waals surface area contributed by atoms with Gasteiger partial charge in [-0.1, -0.05) is 284 Å². The van der Waals surface area contributed by atoms with E-state index in [-0.39, 0.29) is 18.9 Å². The molecule has 10 nitrogen and oxygen atoms in total. The maximum absolute atomic E-state index is 13.1. The molecule has 0 aliphatic carbocycles. The summed E-state index contributed by atoms with van der Waals surface area (Å²) in [6, 6.07) is -0.986. The van der Waals surface area contributed by atoms with Gasteiger partial charge < -0.3 is 45.4 Å². The summed E-state index contributed by atoms with van der Waals surface area (Å²) in [4.78, 5) is 13.1. The van der Waals surface area contributed by atoms with Gasteiger partial charge in [0.15, 0.2) is 6.29 Å². The lowest BCUT2D eigenvalue weighted by Gasteiger charge is -2.40. The van der Waals surface area contributed by atoms with Crippen LogP contribution in [0.25, 0.3) is 0 Å². The maximum Gasteiger partial charge on any atom is 0.220 e. The first-order valence-corrected chi connectivity index (χ1v) is 29.8. The molecule has 68 heavy (non-hydrogen) atoms. The van der Waals surface area contributed by atoms with Crippen molar-refractivity contribution in [3.63, 3.8) is 0 Å². The number of unbranched alkanes of at least 4 members (excludes halogenated alkanes) is 41. The lowest BCUT2D eigenvalue weighted by molar-refractivity contribution is -0.303. The zero-order chi connectivity index (χ0) is 49.6. The Bertz CT molecular complexity index is 1050. The van der Waals surface area contributed by atoms with E-state index in [1.807, 2.05) is 0 Å². The molecule has 0 bridgehead atoms. The zero-order valence-corrected chi connectivity index (χ0v) is 44.8. The SMILES string of the molecule is CCCCCCCCCCCCCCCCCCCCCCCCCCCCCC(=O)N[C@@H](CO[C@@H]1O[C@H](CO)[C@H](O)C(O)C1O)[C@H](O)[C@H](O)CCCCCCCCCCCCCCCCCC. The fourth-order valence-corrected chi connectivity index (χ4v) is 10.0. The van der Waals surface area contributed by atoms with Crippen molar-refractivity contribution in [1.29, 1.82) is 0 Å². The molecule has 10 heteroatoms. The smallest absolute Gasteiger partial charge is 0.220 e. The largest absolute Gasteiger partial charge is 0.394 e. The fourth-order valence-electron chi connectivity index (χ4n) is 10.0. The third-order valence-corrected chi connectivity index (χ3v) is 14.8. The number of aliphatic hydroxyl groups excluding tert-OH is 6. The molecule has 1 amide bonds. The Hall–Kier alpha value is -0.850. The Morgan fingerprint density at radius 1 is 0.456 bits per heavy atom. The van der Waals surface area contributed by atoms with Gasteiger partial charge in [-0.25, -0.2) is 0 Å². The van der Waals surface area contributed by atoms with E-state index in [0.717, 1.165) is 38.5 Å². The molecule has 0 aromatic carbocycles. The van der Waals surface area contributed by atoms with Gasteiger partial charge in [0.05, 0.1) is 25.4 Å². The first kappa shape index (κ1) is 65.2. The van der Waals surface area contributed by atoms with E-state index in [0.29, 0.717) is 6.42 Å². The molecule has 1 aliphatic heterocycles. The van der Waals surface area contributed by atoms with Gasteiger partial charge >= 0.3 is 0 Å². The van der Waals surface area contributed by atoms with Crippen LogP contribution < -0.4 is 5.32 Å². The Morgan fingerprint density at radius 2 is 0.765 bits per heavy atom. The minimum absolute atomic E-state index is 0.249. The average molecular weight is 971 g/mol. The van der Waals surface area contributed by atoms with Crippen molar-refractivity contribution >= 4 is 5.91 Å². The van der Waals surface area contributed by atoms with E-state index in [1.165, 1.54) is 238 Å². The van der Waals surface area contributed by atoms with Crippen molar-refractivity contribution in [2.75, 3.05) is 13.2 Å². The lowest BCUT2D eigenvalue weighted by Crippen LogP contribution is -2.60. The second-order valence-electron chi connectivity index (χ2n) is 21.3. The highest BCUT2D eigenvalue weighted by Gasteiger charge is 2.44. The number of carbonyl (C=O) groups excluding carboxylic acids is 1. The number of hydrogen-bond acceptors (Lipinski definition) is 9. The molecule has 1 heterocycles. The van der Waals surface area contributed by atoms with Crippen LogP contribution in [0, 0.1) is 0 Å². The number of rotatable bonds is 52. The monoisotopic (exact) mass is 970 g/mol. The molecule has 1 fully saturated rings. The second kappa shape index (κ2) is 48.4. The second-order valence-corrected chi connectivity index (χ2v) is 21.3. The Balaban J connectivity index is 2.20. The summed E-state index contributed by atoms with van der Waals surface area (Å²) < 4.78 is 11.2. The van der Waals surface area contributed by atoms with Gasteiger partial charge in [-0.15, -0.1) is 0 Å². The highest BCUT2D eigenvalue weighted by Crippen LogP contribution is 2.24. The van der Waals surface area contributed by atoms with Gasteiger partial charge in [0, 0.05) is 6.42 Å². The van der Waals surface area contributed by atoms with Crippen LogP contribution in [0.1, 0.15) is 303 Å². The van der Waals surface area contributed by atoms with Gasteiger partial charge in [-0.3, -0.25) is 4.79 Å². The molecule has 1 saturated heterocycles. The molecule has 0 aromatic rings. The van der Waals surface area contributed by atoms with E-state index in [2.05, 4.69) is 19.2 Å². The van der Waals surface area contributed by atoms with Gasteiger partial charge in [-0.05, 0) is 12.8 Å². The molecule has 7 N–H and O–H groups in total. The Morgan fingerprint density at radius 3 is 1.09 bits per heavy atom. The van der Waals surface area contributed by atoms with Gasteiger partial charge in [-0.2, -0.15) is 0 Å². The number of ether oxygens (including phenoxy) is 2. The number of aliphatic hydroxyl groups is 6. The molecule has 0 aromatic heterocycles. The summed E-state index contributed by atoms with van der Waals surface area (Å²) in [5, 5.41) is 65.6. The van der Waals surface area contributed by atoms with E-state index in [1.54, 1.807) is 0 Å². The minimum atomic E-state index is -1.60. The van der Waals surface area contributed by atoms with Crippen LogP contribution in [0.3, 0.4) is 0 Å². The summed E-state index contributed by atoms with van der Waals surface area (Å²) in [5.41, 5.74) is 0. The number of hydrogen-bond donors (Lipinski definition) is 7. The first-order chi connectivity index (χ1) is 33.3. The molecular weight excluding hydrogens is 855 g/mol. The Labute approximate surface area is 419 Å². The van der Waals surface area contributed by atoms with Crippen LogP contribution in [0.2, 0.25) is 0 Å². The maximum atomic E-state index is 13.1. The third-order valence-electron chi connectivity index (χ3n) is 14.8. The van der Waals surface area contributed by atoms with Crippen LogP contribution in [-0.4, -0.2) is 98.7 Å². The number of nitrogens with one attached hydrogen (secondary N) is 1. The van der Waals surface area contributed by atoms with E-state index in [4.69, 9.17) is 9.47 Å². The van der Waals surface area contributed by atoms with Crippen LogP contribution in [0.5, 0.6) is 0 Å². The van der Waals surface area contributed by atoms with Crippen LogP contribution in [-0.2, 0) is 14.3 Å². The third kappa shape index (κ3) is 37.0. The topological polar surface area (TPSA) is 169 Å². The molecule has 1 rings (SSSR count). The van der Waals surface area contributed by atoms with Crippen molar-refractivity contribution in [3.8, 4) is 0 Å². The predicted molar refractivity (Wildman–Crippen MR) is 283 cm³/mol. The van der Waals surface area contributed by atoms with Crippen molar-refractivity contribution in [2.24, 2.45) is 0 Å². The van der Waals surface area contributed by atoms with Crippen molar-refractivity contribution in [2.45, 2.75) is 352 Å². The van der Waals surface area contributed by atoms with Gasteiger partial charge in [0.25, 0.3) is 0 Å². The lowest BCUT2D eigenvalue weighted by atomic mass is 9.98. The number of amides is 1. The summed E-state index contributed by atoms with van der Waals surface area (Å²) in [5.74, 6) is -0.249. The molecule has 0 spiro atoms. The first-order valence-electron chi connectivity index (χ1n) is 29.8. The molecule has 0 saturated carbocycles. The van der Waals surface area contributed by atoms with Gasteiger partial charge in [0.1, 0.15) is 30.5 Å². The molecule has 8 atom stereocenters. The minimum Gasteiger partial charge on any atom is -0.394 e. The molecule has 2 unspecified atom stereocenters. The van der Waals surface area contributed by atoms with Crippen molar-refractivity contribution in [1.82, 2.24) is 5.32 Å². The highest BCUT2D eigenvalue weighted by atomic mass is 16.7.